The van der Waals surface area contributed by atoms with Crippen LogP contribution in [0.25, 0.3) is 0 Å². The Kier molecular flexibility index (Phi) is 6.29. The predicted octanol–water partition coefficient (Wildman–Crippen LogP) is 1.34. The number of hydrogen-bond acceptors (Lipinski definition) is 7. The van der Waals surface area contributed by atoms with Crippen LogP contribution in [0.3, 0.4) is 0 Å². The van der Waals surface area contributed by atoms with Crippen molar-refractivity contribution in [1.29, 1.82) is 0 Å². The summed E-state index contributed by atoms with van der Waals surface area (Å²) in [7, 11) is 0. The Labute approximate surface area is 177 Å². The molecule has 0 aromatic heterocycles. The van der Waals surface area contributed by atoms with Crippen LogP contribution in [0.5, 0.6) is 0 Å². The standard InChI is InChI=1S/C21H20N4O6/c1-2-31-21(28)16-15(13-9-6-10-14(11-13)25(29)30)17(20(27)24-18(16)22)23-19(26)12-7-4-3-5-8-12/h3-11,15,17H,2,22H2,1H3,(H,23,26)(H,24,27). The van der Waals surface area contributed by atoms with Crippen LogP contribution in [-0.4, -0.2) is 35.4 Å². The minimum atomic E-state index is -1.26. The maximum Gasteiger partial charge on any atom is 0.338 e. The third kappa shape index (κ3) is 4.53. The molecular formula is C21H20N4O6. The SMILES string of the molecule is CCOC(=O)C1=C(N)NC(=O)C(NC(=O)c2ccccc2)C1c1cccc([N+](=O)[O-])c1. The maximum atomic E-state index is 12.8. The molecule has 2 aromatic rings. The van der Waals surface area contributed by atoms with Crippen molar-refractivity contribution in [1.82, 2.24) is 10.6 Å². The number of hydrogen-bond donors (Lipinski definition) is 3. The second-order valence-corrected chi connectivity index (χ2v) is 6.68. The minimum Gasteiger partial charge on any atom is -0.463 e. The van der Waals surface area contributed by atoms with Gasteiger partial charge in [0.1, 0.15) is 11.9 Å². The summed E-state index contributed by atoms with van der Waals surface area (Å²) in [5, 5.41) is 16.2. The normalized spacial score (nSPS) is 18.2. The Morgan fingerprint density at radius 1 is 1.19 bits per heavy atom. The monoisotopic (exact) mass is 424 g/mol. The highest BCUT2D eigenvalue weighted by atomic mass is 16.6. The summed E-state index contributed by atoms with van der Waals surface area (Å²) in [5.74, 6) is -3.34. The number of esters is 1. The van der Waals surface area contributed by atoms with Crippen LogP contribution in [0, 0.1) is 10.1 Å². The molecule has 10 heteroatoms. The van der Waals surface area contributed by atoms with Crippen LogP contribution in [0.1, 0.15) is 28.8 Å². The van der Waals surface area contributed by atoms with E-state index in [0.29, 0.717) is 5.56 Å². The second kappa shape index (κ2) is 9.08. The molecule has 0 radical (unpaired) electrons. The number of benzene rings is 2. The van der Waals surface area contributed by atoms with E-state index in [2.05, 4.69) is 10.6 Å². The molecule has 2 atom stereocenters. The van der Waals surface area contributed by atoms with E-state index in [1.54, 1.807) is 37.3 Å². The van der Waals surface area contributed by atoms with Gasteiger partial charge < -0.3 is 21.1 Å². The molecule has 31 heavy (non-hydrogen) atoms. The molecule has 0 aliphatic carbocycles. The Bertz CT molecular complexity index is 1070. The highest BCUT2D eigenvalue weighted by Gasteiger charge is 2.43. The zero-order valence-corrected chi connectivity index (χ0v) is 16.5. The molecule has 0 saturated heterocycles. The Morgan fingerprint density at radius 2 is 1.90 bits per heavy atom. The lowest BCUT2D eigenvalue weighted by atomic mass is 9.81. The smallest absolute Gasteiger partial charge is 0.338 e. The topological polar surface area (TPSA) is 154 Å². The summed E-state index contributed by atoms with van der Waals surface area (Å²) in [5.41, 5.74) is 6.15. The van der Waals surface area contributed by atoms with Crippen molar-refractivity contribution >= 4 is 23.5 Å². The average Bonchev–Trinajstić information content (AvgIpc) is 2.76. The van der Waals surface area contributed by atoms with E-state index in [0.717, 1.165) is 0 Å². The Balaban J connectivity index is 2.10. The van der Waals surface area contributed by atoms with Gasteiger partial charge in [0.15, 0.2) is 0 Å². The van der Waals surface area contributed by atoms with Gasteiger partial charge in [-0.3, -0.25) is 19.7 Å². The number of nitro benzene ring substituents is 1. The van der Waals surface area contributed by atoms with E-state index in [4.69, 9.17) is 10.5 Å². The maximum absolute atomic E-state index is 12.8. The minimum absolute atomic E-state index is 0.0479. The van der Waals surface area contributed by atoms with Crippen molar-refractivity contribution in [3.05, 3.63) is 87.2 Å². The molecule has 0 bridgehead atoms. The number of nitro groups is 1. The molecule has 2 amide bonds. The van der Waals surface area contributed by atoms with Gasteiger partial charge >= 0.3 is 5.97 Å². The van der Waals surface area contributed by atoms with Crippen LogP contribution < -0.4 is 16.4 Å². The predicted molar refractivity (Wildman–Crippen MR) is 110 cm³/mol. The number of non-ortho nitro benzene ring substituents is 1. The first-order valence-corrected chi connectivity index (χ1v) is 9.41. The molecule has 0 saturated carbocycles. The van der Waals surface area contributed by atoms with Crippen molar-refractivity contribution < 1.29 is 24.0 Å². The summed E-state index contributed by atoms with van der Waals surface area (Å²) >= 11 is 0. The second-order valence-electron chi connectivity index (χ2n) is 6.68. The molecule has 0 spiro atoms. The molecule has 4 N–H and O–H groups in total. The fraction of sp³-hybridized carbons (Fsp3) is 0.190. The molecule has 2 aromatic carbocycles. The number of nitrogens with two attached hydrogens (primary N) is 1. The summed E-state index contributed by atoms with van der Waals surface area (Å²) in [6.07, 6.45) is 0. The van der Waals surface area contributed by atoms with E-state index in [9.17, 15) is 24.5 Å². The zero-order chi connectivity index (χ0) is 22.5. The van der Waals surface area contributed by atoms with Gasteiger partial charge in [-0.2, -0.15) is 0 Å². The Morgan fingerprint density at radius 3 is 2.55 bits per heavy atom. The van der Waals surface area contributed by atoms with Crippen molar-refractivity contribution in [3.8, 4) is 0 Å². The van der Waals surface area contributed by atoms with E-state index in [1.165, 1.54) is 24.3 Å². The first kappa shape index (κ1) is 21.5. The molecule has 3 rings (SSSR count). The van der Waals surface area contributed by atoms with Gasteiger partial charge in [-0.15, -0.1) is 0 Å². The van der Waals surface area contributed by atoms with Crippen LogP contribution in [0.15, 0.2) is 66.0 Å². The van der Waals surface area contributed by atoms with E-state index >= 15 is 0 Å². The van der Waals surface area contributed by atoms with Gasteiger partial charge in [-0.1, -0.05) is 30.3 Å². The third-order valence-electron chi connectivity index (χ3n) is 4.73. The molecular weight excluding hydrogens is 404 g/mol. The molecule has 0 fully saturated rings. The zero-order valence-electron chi connectivity index (χ0n) is 16.5. The Hall–Kier alpha value is -4.21. The fourth-order valence-electron chi connectivity index (χ4n) is 3.36. The van der Waals surface area contributed by atoms with E-state index in [-0.39, 0.29) is 29.3 Å². The van der Waals surface area contributed by atoms with Crippen LogP contribution >= 0.6 is 0 Å². The highest BCUT2D eigenvalue weighted by Crippen LogP contribution is 2.34. The van der Waals surface area contributed by atoms with Gasteiger partial charge in [-0.05, 0) is 24.6 Å². The largest absolute Gasteiger partial charge is 0.463 e. The van der Waals surface area contributed by atoms with Gasteiger partial charge in [0, 0.05) is 23.6 Å². The van der Waals surface area contributed by atoms with Gasteiger partial charge in [0.25, 0.3) is 11.6 Å². The number of carbonyl (C=O) groups excluding carboxylic acids is 3. The number of ether oxygens (including phenoxy) is 1. The van der Waals surface area contributed by atoms with Gasteiger partial charge in [0.2, 0.25) is 5.91 Å². The number of rotatable bonds is 6. The number of nitrogens with one attached hydrogen (secondary N) is 2. The van der Waals surface area contributed by atoms with Crippen LogP contribution in [-0.2, 0) is 14.3 Å². The van der Waals surface area contributed by atoms with E-state index < -0.39 is 34.7 Å². The summed E-state index contributed by atoms with van der Waals surface area (Å²) < 4.78 is 5.08. The lowest BCUT2D eigenvalue weighted by Crippen LogP contribution is -2.55. The van der Waals surface area contributed by atoms with Crippen LogP contribution in [0.4, 0.5) is 5.69 Å². The van der Waals surface area contributed by atoms with Gasteiger partial charge in [0.05, 0.1) is 17.1 Å². The number of amides is 2. The van der Waals surface area contributed by atoms with Crippen LogP contribution in [0.2, 0.25) is 0 Å². The average molecular weight is 424 g/mol. The van der Waals surface area contributed by atoms with Crippen molar-refractivity contribution in [2.45, 2.75) is 18.9 Å². The molecule has 1 heterocycles. The molecule has 1 aliphatic rings. The quantitative estimate of drug-likeness (QED) is 0.359. The number of nitrogens with zero attached hydrogens (tertiary/aromatic N) is 1. The van der Waals surface area contributed by atoms with Gasteiger partial charge in [-0.25, -0.2) is 4.79 Å². The van der Waals surface area contributed by atoms with Crippen molar-refractivity contribution in [2.75, 3.05) is 6.61 Å². The summed E-state index contributed by atoms with van der Waals surface area (Å²) in [6.45, 7) is 1.65. The third-order valence-corrected chi connectivity index (χ3v) is 4.73. The molecule has 2 unspecified atom stereocenters. The lowest BCUT2D eigenvalue weighted by Gasteiger charge is -2.33. The number of carbonyl (C=O) groups is 3. The first-order valence-electron chi connectivity index (χ1n) is 9.41. The van der Waals surface area contributed by atoms with Crippen molar-refractivity contribution in [2.24, 2.45) is 5.73 Å². The fourth-order valence-corrected chi connectivity index (χ4v) is 3.36. The lowest BCUT2D eigenvalue weighted by molar-refractivity contribution is -0.384. The first-order chi connectivity index (χ1) is 14.8. The molecule has 1 aliphatic heterocycles. The van der Waals surface area contributed by atoms with E-state index in [1.807, 2.05) is 0 Å². The molecule has 160 valence electrons. The highest BCUT2D eigenvalue weighted by molar-refractivity contribution is 6.02. The summed E-state index contributed by atoms with van der Waals surface area (Å²) in [4.78, 5) is 48.8. The summed E-state index contributed by atoms with van der Waals surface area (Å²) in [6, 6.07) is 12.4. The van der Waals surface area contributed by atoms with Crippen molar-refractivity contribution in [3.63, 3.8) is 0 Å². The molecule has 10 nitrogen and oxygen atoms in total.